The summed E-state index contributed by atoms with van der Waals surface area (Å²) in [6.07, 6.45) is -1.49. The van der Waals surface area contributed by atoms with Gasteiger partial charge < -0.3 is 20.9 Å². The first kappa shape index (κ1) is 22.2. The van der Waals surface area contributed by atoms with Crippen LogP contribution in [0.4, 0.5) is 19.0 Å². The van der Waals surface area contributed by atoms with Gasteiger partial charge in [-0.3, -0.25) is 9.59 Å². The first-order valence-corrected chi connectivity index (χ1v) is 8.83. The molecule has 11 heteroatoms. The van der Waals surface area contributed by atoms with E-state index in [0.717, 1.165) is 0 Å². The summed E-state index contributed by atoms with van der Waals surface area (Å²) in [5, 5.41) is 7.39. The quantitative estimate of drug-likeness (QED) is 0.558. The van der Waals surface area contributed by atoms with Crippen molar-refractivity contribution in [2.45, 2.75) is 45.5 Å². The monoisotopic (exact) mass is 412 g/mol. The molecule has 0 spiro atoms. The van der Waals surface area contributed by atoms with E-state index in [1.54, 1.807) is 12.3 Å². The number of carbonyl (C=O) groups is 2. The number of nitrogens with one attached hydrogen (secondary N) is 4. The second-order valence-corrected chi connectivity index (χ2v) is 7.24. The van der Waals surface area contributed by atoms with Gasteiger partial charge in [-0.1, -0.05) is 0 Å². The predicted octanol–water partition coefficient (Wildman–Crippen LogP) is 2.48. The van der Waals surface area contributed by atoms with Crippen LogP contribution in [-0.4, -0.2) is 51.1 Å². The van der Waals surface area contributed by atoms with Gasteiger partial charge in [-0.2, -0.15) is 13.2 Å². The first-order valence-electron chi connectivity index (χ1n) is 8.83. The van der Waals surface area contributed by atoms with Gasteiger partial charge >= 0.3 is 6.18 Å². The third-order valence-corrected chi connectivity index (χ3v) is 3.72. The Labute approximate surface area is 165 Å². The van der Waals surface area contributed by atoms with Crippen LogP contribution >= 0.6 is 0 Å². The summed E-state index contributed by atoms with van der Waals surface area (Å²) < 4.78 is 36.9. The predicted molar refractivity (Wildman–Crippen MR) is 101 cm³/mol. The van der Waals surface area contributed by atoms with Gasteiger partial charge in [0.05, 0.1) is 0 Å². The van der Waals surface area contributed by atoms with E-state index >= 15 is 0 Å². The molecule has 0 aliphatic carbocycles. The molecule has 2 aromatic rings. The fourth-order valence-corrected chi connectivity index (χ4v) is 2.34. The topological polar surface area (TPSA) is 112 Å². The van der Waals surface area contributed by atoms with Gasteiger partial charge in [0, 0.05) is 24.0 Å². The maximum Gasteiger partial charge on any atom is 0.405 e. The van der Waals surface area contributed by atoms with E-state index < -0.39 is 24.2 Å². The highest BCUT2D eigenvalue weighted by Gasteiger charge is 2.33. The summed E-state index contributed by atoms with van der Waals surface area (Å²) in [6, 6.07) is 3.04. The van der Waals surface area contributed by atoms with E-state index in [2.05, 4.69) is 25.6 Å². The molecule has 0 fully saturated rings. The molecule has 0 aliphatic rings. The van der Waals surface area contributed by atoms with Crippen LogP contribution in [-0.2, 0) is 4.79 Å². The molecule has 2 aromatic heterocycles. The normalized spacial score (nSPS) is 12.0. The molecule has 0 atom stereocenters. The van der Waals surface area contributed by atoms with E-state index in [1.165, 1.54) is 26.1 Å². The van der Waals surface area contributed by atoms with Crippen LogP contribution < -0.4 is 16.0 Å². The SMILES string of the molecule is CC(C)NC(=O)c1cc(-c2nccc(NC(C)(C)C(=O)NCC(F)(F)F)n2)c[nH]1. The van der Waals surface area contributed by atoms with Crippen molar-refractivity contribution in [2.24, 2.45) is 0 Å². The van der Waals surface area contributed by atoms with E-state index in [4.69, 9.17) is 0 Å². The number of H-pyrrole nitrogens is 1. The largest absolute Gasteiger partial charge is 0.405 e. The number of amides is 2. The summed E-state index contributed by atoms with van der Waals surface area (Å²) in [5.74, 6) is -0.579. The molecule has 0 saturated carbocycles. The van der Waals surface area contributed by atoms with Crippen LogP contribution in [0, 0.1) is 0 Å². The number of aromatic nitrogens is 3. The molecule has 8 nitrogen and oxygen atoms in total. The molecule has 0 aromatic carbocycles. The van der Waals surface area contributed by atoms with Crippen LogP contribution in [0.15, 0.2) is 24.5 Å². The Hall–Kier alpha value is -3.11. The van der Waals surface area contributed by atoms with Gasteiger partial charge in [-0.15, -0.1) is 0 Å². The second-order valence-electron chi connectivity index (χ2n) is 7.24. The zero-order chi connectivity index (χ0) is 21.8. The molecular weight excluding hydrogens is 389 g/mol. The van der Waals surface area contributed by atoms with Gasteiger partial charge in [0.25, 0.3) is 5.91 Å². The zero-order valence-electron chi connectivity index (χ0n) is 16.4. The average molecular weight is 412 g/mol. The van der Waals surface area contributed by atoms with Crippen molar-refractivity contribution >= 4 is 17.6 Å². The Morgan fingerprint density at radius 2 is 1.93 bits per heavy atom. The van der Waals surface area contributed by atoms with E-state index in [1.807, 2.05) is 19.2 Å². The molecule has 0 radical (unpaired) electrons. The Morgan fingerprint density at radius 3 is 2.55 bits per heavy atom. The van der Waals surface area contributed by atoms with E-state index in [0.29, 0.717) is 11.3 Å². The number of hydrogen-bond donors (Lipinski definition) is 4. The number of halogens is 3. The smallest absolute Gasteiger partial charge is 0.356 e. The summed E-state index contributed by atoms with van der Waals surface area (Å²) >= 11 is 0. The summed E-state index contributed by atoms with van der Waals surface area (Å²) in [4.78, 5) is 35.4. The van der Waals surface area contributed by atoms with Crippen molar-refractivity contribution in [3.8, 4) is 11.4 Å². The Balaban J connectivity index is 2.12. The number of nitrogens with zero attached hydrogens (tertiary/aromatic N) is 2. The Kier molecular flexibility index (Phi) is 6.50. The lowest BCUT2D eigenvalue weighted by Gasteiger charge is -2.26. The molecule has 4 N–H and O–H groups in total. The molecule has 2 heterocycles. The number of aromatic amines is 1. The number of carbonyl (C=O) groups excluding carboxylic acids is 2. The number of anilines is 1. The lowest BCUT2D eigenvalue weighted by molar-refractivity contribution is -0.140. The zero-order valence-corrected chi connectivity index (χ0v) is 16.4. The molecule has 29 heavy (non-hydrogen) atoms. The average Bonchev–Trinajstić information content (AvgIpc) is 3.08. The molecule has 2 rings (SSSR count). The van der Waals surface area contributed by atoms with Crippen LogP contribution in [0.3, 0.4) is 0 Å². The minimum Gasteiger partial charge on any atom is -0.356 e. The molecule has 0 saturated heterocycles. The molecule has 158 valence electrons. The van der Waals surface area contributed by atoms with Gasteiger partial charge in [-0.25, -0.2) is 9.97 Å². The maximum absolute atomic E-state index is 12.3. The summed E-state index contributed by atoms with van der Waals surface area (Å²) in [5.41, 5.74) is -0.471. The highest BCUT2D eigenvalue weighted by Crippen LogP contribution is 2.20. The fraction of sp³-hybridized carbons (Fsp3) is 0.444. The number of alkyl halides is 3. The van der Waals surface area contributed by atoms with Crippen molar-refractivity contribution in [2.75, 3.05) is 11.9 Å². The minimum absolute atomic E-state index is 0.0243. The number of hydrogen-bond acceptors (Lipinski definition) is 5. The van der Waals surface area contributed by atoms with Gasteiger partial charge in [-0.05, 0) is 39.8 Å². The Morgan fingerprint density at radius 1 is 1.24 bits per heavy atom. The molecule has 2 amide bonds. The summed E-state index contributed by atoms with van der Waals surface area (Å²) in [6.45, 7) is 5.13. The maximum atomic E-state index is 12.3. The second kappa shape index (κ2) is 8.50. The third kappa shape index (κ3) is 6.47. The fourth-order valence-electron chi connectivity index (χ4n) is 2.34. The first-order chi connectivity index (χ1) is 13.4. The van der Waals surface area contributed by atoms with Gasteiger partial charge in [0.15, 0.2) is 5.82 Å². The van der Waals surface area contributed by atoms with Gasteiger partial charge in [0.1, 0.15) is 23.6 Å². The lowest BCUT2D eigenvalue weighted by Crippen LogP contribution is -2.50. The van der Waals surface area contributed by atoms with Crippen LogP contribution in [0.2, 0.25) is 0 Å². The standard InChI is InChI=1S/C18H23F3N6O2/c1-10(2)25-15(28)12-7-11(8-23-12)14-22-6-5-13(26-14)27-17(3,4)16(29)24-9-18(19,20)21/h5-8,10,23H,9H2,1-4H3,(H,24,29)(H,25,28)(H,22,26,27). The van der Waals surface area contributed by atoms with Crippen molar-refractivity contribution in [3.05, 3.63) is 30.2 Å². The third-order valence-electron chi connectivity index (χ3n) is 3.72. The highest BCUT2D eigenvalue weighted by molar-refractivity contribution is 5.94. The van der Waals surface area contributed by atoms with Crippen LogP contribution in [0.5, 0.6) is 0 Å². The molecular formula is C18H23F3N6O2. The Bertz CT molecular complexity index is 876. The minimum atomic E-state index is -4.50. The molecule has 0 aliphatic heterocycles. The number of rotatable bonds is 7. The van der Waals surface area contributed by atoms with Crippen molar-refractivity contribution in [3.63, 3.8) is 0 Å². The molecule has 0 bridgehead atoms. The van der Waals surface area contributed by atoms with E-state index in [-0.39, 0.29) is 23.6 Å². The molecule has 0 unspecified atom stereocenters. The highest BCUT2D eigenvalue weighted by atomic mass is 19.4. The van der Waals surface area contributed by atoms with E-state index in [9.17, 15) is 22.8 Å². The van der Waals surface area contributed by atoms with Gasteiger partial charge in [0.2, 0.25) is 5.91 Å². The van der Waals surface area contributed by atoms with Crippen molar-refractivity contribution in [1.29, 1.82) is 0 Å². The summed E-state index contributed by atoms with van der Waals surface area (Å²) in [7, 11) is 0. The van der Waals surface area contributed by atoms with Crippen LogP contribution in [0.25, 0.3) is 11.4 Å². The lowest BCUT2D eigenvalue weighted by atomic mass is 10.0. The van der Waals surface area contributed by atoms with Crippen molar-refractivity contribution in [1.82, 2.24) is 25.6 Å². The van der Waals surface area contributed by atoms with Crippen molar-refractivity contribution < 1.29 is 22.8 Å². The van der Waals surface area contributed by atoms with Crippen LogP contribution in [0.1, 0.15) is 38.2 Å².